The lowest BCUT2D eigenvalue weighted by atomic mass is 10.0. The number of nitrogens with zero attached hydrogens (tertiary/aromatic N) is 7. The average molecular weight is 1090 g/mol. The number of nitrogen functional groups attached to an aromatic ring is 2. The van der Waals surface area contributed by atoms with Gasteiger partial charge in [0.1, 0.15) is 34.4 Å². The topological polar surface area (TPSA) is 316 Å². The van der Waals surface area contributed by atoms with Crippen molar-refractivity contribution in [3.8, 4) is 22.5 Å². The molecule has 0 bridgehead atoms. The van der Waals surface area contributed by atoms with Crippen molar-refractivity contribution >= 4 is 47.6 Å². The normalized spacial score (nSPS) is 15.5. The second-order valence-corrected chi connectivity index (χ2v) is 20.5. The number of imidazole rings is 2. The van der Waals surface area contributed by atoms with Crippen molar-refractivity contribution < 1.29 is 46.7 Å². The lowest BCUT2D eigenvalue weighted by molar-refractivity contribution is -0.156. The highest BCUT2D eigenvalue weighted by Crippen LogP contribution is 2.35. The van der Waals surface area contributed by atoms with E-state index in [-0.39, 0.29) is 34.9 Å². The molecule has 0 saturated carbocycles. The number of carbonyl (C=O) groups is 6. The van der Waals surface area contributed by atoms with Crippen molar-refractivity contribution in [2.75, 3.05) is 35.4 Å². The van der Waals surface area contributed by atoms with Gasteiger partial charge in [0, 0.05) is 41.2 Å². The minimum Gasteiger partial charge on any atom is -0.444 e. The molecule has 24 heteroatoms. The van der Waals surface area contributed by atoms with Gasteiger partial charge in [0.15, 0.2) is 17.2 Å². The number of amides is 5. The minimum atomic E-state index is -4.64. The van der Waals surface area contributed by atoms with Crippen LogP contribution in [0.2, 0.25) is 0 Å². The Bertz CT molecular complexity index is 3140. The molecule has 11 N–H and O–H groups in total. The molecule has 2 saturated heterocycles. The van der Waals surface area contributed by atoms with Crippen molar-refractivity contribution in [2.24, 2.45) is 11.5 Å². The van der Waals surface area contributed by atoms with Gasteiger partial charge in [-0.3, -0.25) is 28.9 Å². The Morgan fingerprint density at radius 3 is 1.53 bits per heavy atom. The largest absolute Gasteiger partial charge is 0.446 e. The van der Waals surface area contributed by atoms with Crippen molar-refractivity contribution in [2.45, 2.75) is 123 Å². The van der Waals surface area contributed by atoms with Gasteiger partial charge in [-0.2, -0.15) is 13.2 Å². The van der Waals surface area contributed by atoms with Crippen molar-refractivity contribution in [3.05, 3.63) is 130 Å². The summed E-state index contributed by atoms with van der Waals surface area (Å²) in [5, 5.41) is 9.03. The van der Waals surface area contributed by atoms with Crippen molar-refractivity contribution in [3.63, 3.8) is 0 Å². The SMILES string of the molecule is CC(C)c1ccnc(NC(=O)c2ccc(-c3nc([C@@H]4CCCCN4)n(N)c3C(N)=O)cc2)c1.CC(C)c1ccnc(NC(=O)c2ccc(-c3nc([C@@H]4CCCCN4C(=O)OC(C)(C)C)n(N)c3C(N)=O)cc2)c1.O=CC(F)(F)F. The van der Waals surface area contributed by atoms with E-state index in [1.165, 1.54) is 9.35 Å². The van der Waals surface area contributed by atoms with E-state index in [2.05, 4.69) is 58.6 Å². The van der Waals surface area contributed by atoms with E-state index >= 15 is 0 Å². The fourth-order valence-corrected chi connectivity index (χ4v) is 8.75. The first-order valence-corrected chi connectivity index (χ1v) is 25.6. The summed E-state index contributed by atoms with van der Waals surface area (Å²) in [4.78, 5) is 91.3. The van der Waals surface area contributed by atoms with Gasteiger partial charge in [0.05, 0.1) is 12.1 Å². The highest BCUT2D eigenvalue weighted by molar-refractivity contribution is 6.05. The molecule has 0 radical (unpaired) electrons. The third-order valence-electron chi connectivity index (χ3n) is 12.8. The summed E-state index contributed by atoms with van der Waals surface area (Å²) in [6, 6.07) is 20.5. The lowest BCUT2D eigenvalue weighted by Crippen LogP contribution is -2.43. The Kier molecular flexibility index (Phi) is 19.3. The molecule has 2 aliphatic rings. The number of piperidine rings is 2. The molecule has 5 amide bonds. The third kappa shape index (κ3) is 15.5. The molecule has 0 spiro atoms. The Labute approximate surface area is 455 Å². The number of carbonyl (C=O) groups excluding carboxylic acids is 6. The van der Waals surface area contributed by atoms with Crippen LogP contribution < -0.4 is 39.1 Å². The maximum atomic E-state index is 13.0. The number of nitrogens with one attached hydrogen (secondary N) is 3. The van der Waals surface area contributed by atoms with Gasteiger partial charge < -0.3 is 43.8 Å². The molecule has 2 aromatic carbocycles. The second-order valence-electron chi connectivity index (χ2n) is 20.5. The van der Waals surface area contributed by atoms with Crippen LogP contribution in [-0.4, -0.2) is 95.1 Å². The highest BCUT2D eigenvalue weighted by Gasteiger charge is 2.36. The number of benzene rings is 2. The first-order chi connectivity index (χ1) is 37.3. The molecule has 6 heterocycles. The Morgan fingerprint density at radius 1 is 0.684 bits per heavy atom. The number of aromatic nitrogens is 6. The Balaban J connectivity index is 0.000000234. The smallest absolute Gasteiger partial charge is 0.444 e. The van der Waals surface area contributed by atoms with Crippen LogP contribution in [0.1, 0.15) is 175 Å². The van der Waals surface area contributed by atoms with Crippen LogP contribution in [-0.2, 0) is 9.53 Å². The number of halogens is 3. The van der Waals surface area contributed by atoms with Crippen molar-refractivity contribution in [1.82, 2.24) is 39.5 Å². The maximum absolute atomic E-state index is 13.0. The van der Waals surface area contributed by atoms with Gasteiger partial charge in [-0.15, -0.1) is 0 Å². The number of alkyl halides is 3. The second kappa shape index (κ2) is 25.7. The summed E-state index contributed by atoms with van der Waals surface area (Å²) in [7, 11) is 0. The molecule has 21 nitrogen and oxygen atoms in total. The summed E-state index contributed by atoms with van der Waals surface area (Å²) in [5.74, 6) is 13.1. The molecule has 0 aliphatic carbocycles. The van der Waals surface area contributed by atoms with Gasteiger partial charge >= 0.3 is 12.3 Å². The molecular formula is C55H67F3N14O7. The highest BCUT2D eigenvalue weighted by atomic mass is 19.4. The molecule has 8 rings (SSSR count). The summed E-state index contributed by atoms with van der Waals surface area (Å²) >= 11 is 0. The van der Waals surface area contributed by atoms with Crippen LogP contribution in [0.5, 0.6) is 0 Å². The molecule has 2 aliphatic heterocycles. The predicted octanol–water partition coefficient (Wildman–Crippen LogP) is 8.29. The summed E-state index contributed by atoms with van der Waals surface area (Å²) < 4.78 is 39.3. The van der Waals surface area contributed by atoms with Crippen LogP contribution in [0.25, 0.3) is 22.5 Å². The van der Waals surface area contributed by atoms with E-state index in [9.17, 15) is 37.1 Å². The Hall–Kier alpha value is -8.67. The summed E-state index contributed by atoms with van der Waals surface area (Å²) in [6.45, 7) is 15.1. The molecule has 420 valence electrons. The number of nitrogens with two attached hydrogens (primary N) is 4. The number of anilines is 2. The van der Waals surface area contributed by atoms with Crippen molar-refractivity contribution in [1.29, 1.82) is 0 Å². The zero-order valence-corrected chi connectivity index (χ0v) is 45.1. The lowest BCUT2D eigenvalue weighted by Gasteiger charge is -2.36. The van der Waals surface area contributed by atoms with Gasteiger partial charge in [0.25, 0.3) is 23.6 Å². The van der Waals surface area contributed by atoms with E-state index in [4.69, 9.17) is 37.7 Å². The summed E-state index contributed by atoms with van der Waals surface area (Å²) in [5.41, 5.74) is 15.7. The molecule has 2 fully saturated rings. The molecule has 79 heavy (non-hydrogen) atoms. The van der Waals surface area contributed by atoms with Crippen LogP contribution in [0.3, 0.4) is 0 Å². The fraction of sp³-hybridized carbons (Fsp3) is 0.382. The Morgan fingerprint density at radius 2 is 1.13 bits per heavy atom. The molecular weight excluding hydrogens is 1030 g/mol. The maximum Gasteiger partial charge on any atom is 0.446 e. The first kappa shape index (κ1) is 59.6. The predicted molar refractivity (Wildman–Crippen MR) is 291 cm³/mol. The average Bonchev–Trinajstić information content (AvgIpc) is 4.16. The number of rotatable bonds is 12. The quantitative estimate of drug-likeness (QED) is 0.0448. The monoisotopic (exact) mass is 1090 g/mol. The minimum absolute atomic E-state index is 0.0108. The first-order valence-electron chi connectivity index (χ1n) is 25.6. The number of pyridine rings is 2. The zero-order valence-electron chi connectivity index (χ0n) is 45.1. The van der Waals surface area contributed by atoms with E-state index in [1.54, 1.807) is 86.6 Å². The number of hydrogen-bond donors (Lipinski definition) is 7. The molecule has 0 unspecified atom stereocenters. The molecule has 6 aromatic rings. The standard InChI is InChI=1S/C29H37N7O4.C24H29N7O2.C2HF3O/c1-17(2)20-13-14-32-22(16-20)33-27(38)19-11-9-18(10-12-19)23-24(25(30)37)36(31)26(34-23)21-8-6-7-15-35(21)28(39)40-29(3,4)5;1-14(2)17-10-12-28-19(13-17)29-24(33)16-8-6-15(7-9-16)20-21(22(25)32)31(26)23(30-20)18-5-3-4-11-27-18;3-2(4,5)1-6/h9-14,16-17,21H,6-8,15,31H2,1-5H3,(H2,30,37)(H,32,33,38);6-10,12-14,18,27H,3-5,11,26H2,1-2H3,(H2,25,32)(H,28,29,33);1H/t21-;18-;/m00./s1. The number of hydrogen-bond acceptors (Lipinski definition) is 14. The van der Waals surface area contributed by atoms with E-state index in [0.29, 0.717) is 76.0 Å². The van der Waals surface area contributed by atoms with E-state index in [1.807, 2.05) is 24.3 Å². The van der Waals surface area contributed by atoms with Gasteiger partial charge in [-0.25, -0.2) is 34.1 Å². The third-order valence-corrected chi connectivity index (χ3v) is 12.8. The van der Waals surface area contributed by atoms with Gasteiger partial charge in [-0.05, 0) is 131 Å². The van der Waals surface area contributed by atoms with E-state index in [0.717, 1.165) is 49.8 Å². The molecule has 4 aromatic heterocycles. The number of primary amides is 2. The van der Waals surface area contributed by atoms with Crippen LogP contribution in [0.15, 0.2) is 85.2 Å². The number of aldehydes is 1. The van der Waals surface area contributed by atoms with Gasteiger partial charge in [0.2, 0.25) is 6.29 Å². The number of ether oxygens (including phenoxy) is 1. The van der Waals surface area contributed by atoms with E-state index < -0.39 is 42.0 Å². The van der Waals surface area contributed by atoms with Gasteiger partial charge in [-0.1, -0.05) is 58.4 Å². The van der Waals surface area contributed by atoms with Crippen LogP contribution >= 0.6 is 0 Å². The van der Waals surface area contributed by atoms with Crippen LogP contribution in [0, 0.1) is 0 Å². The molecule has 2 atom stereocenters. The van der Waals surface area contributed by atoms with Crippen LogP contribution in [0.4, 0.5) is 29.6 Å². The summed E-state index contributed by atoms with van der Waals surface area (Å²) in [6.07, 6.45) is 2.50. The number of likely N-dealkylation sites (tertiary alicyclic amines) is 1. The fourth-order valence-electron chi connectivity index (χ4n) is 8.75. The zero-order chi connectivity index (χ0) is 57.9.